The van der Waals surface area contributed by atoms with Crippen LogP contribution in [0.15, 0.2) is 29.6 Å². The van der Waals surface area contributed by atoms with Gasteiger partial charge in [-0.3, -0.25) is 4.90 Å². The van der Waals surface area contributed by atoms with Gasteiger partial charge in [0.05, 0.1) is 0 Å². The number of likely N-dealkylation sites (N-methyl/N-ethyl adjacent to an activating group) is 1. The lowest BCUT2D eigenvalue weighted by Gasteiger charge is -2.32. The smallest absolute Gasteiger partial charge is 0.0484 e. The molecule has 2 rings (SSSR count). The van der Waals surface area contributed by atoms with E-state index in [0.717, 1.165) is 5.75 Å². The minimum Gasteiger partial charge on any atom is -0.329 e. The Bertz CT molecular complexity index is 524. The number of nitrogens with two attached hydrogens (primary N) is 1. The summed E-state index contributed by atoms with van der Waals surface area (Å²) < 4.78 is 1.35. The van der Waals surface area contributed by atoms with Crippen molar-refractivity contribution in [3.8, 4) is 0 Å². The zero-order valence-corrected chi connectivity index (χ0v) is 13.4. The summed E-state index contributed by atoms with van der Waals surface area (Å²) in [6, 6.07) is 9.43. The first-order valence-corrected chi connectivity index (χ1v) is 8.83. The molecule has 0 spiro atoms. The summed E-state index contributed by atoms with van der Waals surface area (Å²) in [6.45, 7) is 2.93. The number of thiophene rings is 1. The van der Waals surface area contributed by atoms with Gasteiger partial charge in [0.15, 0.2) is 0 Å². The largest absolute Gasteiger partial charge is 0.329 e. The van der Waals surface area contributed by atoms with Crippen molar-refractivity contribution < 1.29 is 0 Å². The summed E-state index contributed by atoms with van der Waals surface area (Å²) in [4.78, 5) is 2.41. The molecular weight excluding hydrogens is 272 g/mol. The third-order valence-electron chi connectivity index (χ3n) is 3.69. The zero-order valence-electron chi connectivity index (χ0n) is 11.8. The summed E-state index contributed by atoms with van der Waals surface area (Å²) in [5.74, 6) is 1.13. The lowest BCUT2D eigenvalue weighted by molar-refractivity contribution is 0.206. The third kappa shape index (κ3) is 3.14. The van der Waals surface area contributed by atoms with Crippen molar-refractivity contribution in [1.82, 2.24) is 4.90 Å². The van der Waals surface area contributed by atoms with Crippen molar-refractivity contribution >= 4 is 33.2 Å². The highest BCUT2D eigenvalue weighted by Gasteiger charge is 2.22. The Balaban J connectivity index is 2.31. The maximum atomic E-state index is 6.05. The molecular formula is C15H22N2S2. The average Bonchev–Trinajstić information content (AvgIpc) is 2.84. The first-order valence-electron chi connectivity index (χ1n) is 6.56. The number of benzene rings is 1. The van der Waals surface area contributed by atoms with Crippen LogP contribution < -0.4 is 5.73 Å². The second-order valence-corrected chi connectivity index (χ2v) is 6.73. The van der Waals surface area contributed by atoms with E-state index >= 15 is 0 Å². The predicted octanol–water partition coefficient (Wildman–Crippen LogP) is 3.58. The quantitative estimate of drug-likeness (QED) is 0.883. The Kier molecular flexibility index (Phi) is 5.28. The van der Waals surface area contributed by atoms with Crippen molar-refractivity contribution in [2.45, 2.75) is 19.0 Å². The molecule has 2 atom stereocenters. The Morgan fingerprint density at radius 1 is 1.37 bits per heavy atom. The van der Waals surface area contributed by atoms with E-state index in [9.17, 15) is 0 Å². The molecule has 4 heteroatoms. The van der Waals surface area contributed by atoms with E-state index in [-0.39, 0.29) is 0 Å². The number of nitrogens with zero attached hydrogens (tertiary/aromatic N) is 1. The van der Waals surface area contributed by atoms with Crippen LogP contribution >= 0.6 is 23.1 Å². The van der Waals surface area contributed by atoms with Gasteiger partial charge in [0.2, 0.25) is 0 Å². The minimum atomic E-state index is 0.304. The van der Waals surface area contributed by atoms with Crippen LogP contribution in [0.4, 0.5) is 0 Å². The number of hydrogen-bond acceptors (Lipinski definition) is 4. The van der Waals surface area contributed by atoms with Crippen LogP contribution in [-0.2, 0) is 0 Å². The molecule has 0 radical (unpaired) electrons. The summed E-state index contributed by atoms with van der Waals surface area (Å²) in [6.07, 6.45) is 2.15. The van der Waals surface area contributed by atoms with Gasteiger partial charge in [-0.05, 0) is 42.6 Å². The Hall–Kier alpha value is -0.550. The molecule has 0 saturated heterocycles. The summed E-state index contributed by atoms with van der Waals surface area (Å²) >= 11 is 3.70. The molecule has 104 valence electrons. The first kappa shape index (κ1) is 14.9. The number of fused-ring (bicyclic) bond motifs is 1. The van der Waals surface area contributed by atoms with Crippen LogP contribution in [0.3, 0.4) is 0 Å². The van der Waals surface area contributed by atoms with E-state index in [0.29, 0.717) is 18.6 Å². The van der Waals surface area contributed by atoms with Crippen molar-refractivity contribution in [2.75, 3.05) is 25.6 Å². The molecule has 0 amide bonds. The zero-order chi connectivity index (χ0) is 13.8. The maximum absolute atomic E-state index is 6.05. The van der Waals surface area contributed by atoms with Crippen LogP contribution in [0, 0.1) is 0 Å². The van der Waals surface area contributed by atoms with Gasteiger partial charge in [-0.2, -0.15) is 11.8 Å². The van der Waals surface area contributed by atoms with Gasteiger partial charge in [0, 0.05) is 29.1 Å². The molecule has 0 fully saturated rings. The van der Waals surface area contributed by atoms with Gasteiger partial charge >= 0.3 is 0 Å². The van der Waals surface area contributed by atoms with Gasteiger partial charge in [0.1, 0.15) is 0 Å². The lowest BCUT2D eigenvalue weighted by atomic mass is 10.0. The van der Waals surface area contributed by atoms with E-state index in [4.69, 9.17) is 5.73 Å². The number of rotatable bonds is 6. The third-order valence-corrected chi connectivity index (χ3v) is 5.49. The molecule has 0 aliphatic heterocycles. The highest BCUT2D eigenvalue weighted by molar-refractivity contribution is 7.98. The molecule has 1 aromatic heterocycles. The highest BCUT2D eigenvalue weighted by atomic mass is 32.2. The summed E-state index contributed by atoms with van der Waals surface area (Å²) in [5.41, 5.74) is 7.42. The van der Waals surface area contributed by atoms with Crippen LogP contribution in [0.2, 0.25) is 0 Å². The number of hydrogen-bond donors (Lipinski definition) is 1. The van der Waals surface area contributed by atoms with E-state index in [1.165, 1.54) is 15.6 Å². The molecule has 2 N–H and O–H groups in total. The summed E-state index contributed by atoms with van der Waals surface area (Å²) in [5, 5.41) is 3.62. The van der Waals surface area contributed by atoms with E-state index in [1.54, 1.807) is 0 Å². The van der Waals surface area contributed by atoms with Crippen LogP contribution in [0.25, 0.3) is 10.1 Å². The molecule has 1 heterocycles. The van der Waals surface area contributed by atoms with Gasteiger partial charge in [-0.1, -0.05) is 18.2 Å². The SMILES string of the molecule is CSCC(C)N(C)C(CN)c1csc2ccccc12. The lowest BCUT2D eigenvalue weighted by Crippen LogP contribution is -2.38. The molecule has 2 aromatic rings. The van der Waals surface area contributed by atoms with Gasteiger partial charge in [-0.15, -0.1) is 11.3 Å². The predicted molar refractivity (Wildman–Crippen MR) is 89.2 cm³/mol. The number of thioether (sulfide) groups is 1. The monoisotopic (exact) mass is 294 g/mol. The van der Waals surface area contributed by atoms with Crippen molar-refractivity contribution in [3.05, 3.63) is 35.2 Å². The van der Waals surface area contributed by atoms with Gasteiger partial charge < -0.3 is 5.73 Å². The highest BCUT2D eigenvalue weighted by Crippen LogP contribution is 2.33. The molecule has 0 bridgehead atoms. The Labute approximate surface area is 124 Å². The topological polar surface area (TPSA) is 29.3 Å². The molecule has 2 unspecified atom stereocenters. The molecule has 0 aliphatic carbocycles. The van der Waals surface area contributed by atoms with Crippen molar-refractivity contribution in [2.24, 2.45) is 5.73 Å². The fourth-order valence-electron chi connectivity index (χ4n) is 2.43. The average molecular weight is 294 g/mol. The van der Waals surface area contributed by atoms with E-state index in [2.05, 4.69) is 54.8 Å². The molecule has 1 aromatic carbocycles. The van der Waals surface area contributed by atoms with Crippen LogP contribution in [-0.4, -0.2) is 36.5 Å². The maximum Gasteiger partial charge on any atom is 0.0484 e. The second kappa shape index (κ2) is 6.75. The Morgan fingerprint density at radius 2 is 2.11 bits per heavy atom. The minimum absolute atomic E-state index is 0.304. The van der Waals surface area contributed by atoms with Crippen molar-refractivity contribution in [1.29, 1.82) is 0 Å². The summed E-state index contributed by atoms with van der Waals surface area (Å²) in [7, 11) is 2.19. The van der Waals surface area contributed by atoms with E-state index in [1.807, 2.05) is 23.1 Å². The molecule has 0 saturated carbocycles. The first-order chi connectivity index (χ1) is 9.19. The second-order valence-electron chi connectivity index (χ2n) is 4.91. The van der Waals surface area contributed by atoms with Gasteiger partial charge in [-0.25, -0.2) is 0 Å². The van der Waals surface area contributed by atoms with Gasteiger partial charge in [0.25, 0.3) is 0 Å². The molecule has 19 heavy (non-hydrogen) atoms. The fraction of sp³-hybridized carbons (Fsp3) is 0.467. The molecule has 2 nitrogen and oxygen atoms in total. The van der Waals surface area contributed by atoms with Crippen molar-refractivity contribution in [3.63, 3.8) is 0 Å². The normalized spacial score (nSPS) is 15.0. The van der Waals surface area contributed by atoms with E-state index < -0.39 is 0 Å². The van der Waals surface area contributed by atoms with Crippen LogP contribution in [0.1, 0.15) is 18.5 Å². The van der Waals surface area contributed by atoms with Crippen LogP contribution in [0.5, 0.6) is 0 Å². The standard InChI is InChI=1S/C15H22N2S2/c1-11(9-18-3)17(2)14(8-16)13-10-19-15-7-5-4-6-12(13)15/h4-7,10-11,14H,8-9,16H2,1-3H3. The molecule has 0 aliphatic rings. The fourth-order valence-corrected chi connectivity index (χ4v) is 4.16. The Morgan fingerprint density at radius 3 is 2.79 bits per heavy atom.